The lowest BCUT2D eigenvalue weighted by atomic mass is 9.80. The Kier molecular flexibility index (Phi) is 5.72. The number of nitrogens with zero attached hydrogens (tertiary/aromatic N) is 3. The number of benzene rings is 1. The van der Waals surface area contributed by atoms with E-state index in [9.17, 15) is 14.9 Å². The van der Waals surface area contributed by atoms with E-state index < -0.39 is 5.54 Å². The molecule has 0 atom stereocenters. The van der Waals surface area contributed by atoms with Gasteiger partial charge in [0.05, 0.1) is 13.2 Å². The molecule has 7 nitrogen and oxygen atoms in total. The third-order valence-electron chi connectivity index (χ3n) is 6.21. The average Bonchev–Trinajstić information content (AvgIpc) is 3.61. The van der Waals surface area contributed by atoms with Crippen LogP contribution in [0.1, 0.15) is 55.3 Å². The van der Waals surface area contributed by atoms with Gasteiger partial charge in [0, 0.05) is 30.4 Å². The van der Waals surface area contributed by atoms with Gasteiger partial charge in [0.25, 0.3) is 11.8 Å². The second kappa shape index (κ2) is 8.42. The second-order valence-corrected chi connectivity index (χ2v) is 8.25. The first-order valence-electron chi connectivity index (χ1n) is 10.6. The van der Waals surface area contributed by atoms with Crippen molar-refractivity contribution in [3.05, 3.63) is 29.8 Å². The van der Waals surface area contributed by atoms with Crippen molar-refractivity contribution >= 4 is 17.5 Å². The number of amides is 2. The molecule has 1 aromatic carbocycles. The van der Waals surface area contributed by atoms with E-state index in [0.29, 0.717) is 31.6 Å². The summed E-state index contributed by atoms with van der Waals surface area (Å²) in [7, 11) is 0. The van der Waals surface area contributed by atoms with Gasteiger partial charge in [0.2, 0.25) is 0 Å². The smallest absolute Gasteiger partial charge is 0.261 e. The molecule has 1 N–H and O–H groups in total. The highest BCUT2D eigenvalue weighted by molar-refractivity contribution is 6.00. The fraction of sp³-hybridized carbons (Fsp3) is 0.591. The van der Waals surface area contributed by atoms with Gasteiger partial charge in [-0.05, 0) is 49.9 Å². The van der Waals surface area contributed by atoms with Crippen molar-refractivity contribution in [3.8, 4) is 6.19 Å². The largest absolute Gasteiger partial charge is 0.378 e. The fourth-order valence-corrected chi connectivity index (χ4v) is 4.34. The van der Waals surface area contributed by atoms with E-state index in [1.165, 1.54) is 4.90 Å². The quantitative estimate of drug-likeness (QED) is 0.610. The summed E-state index contributed by atoms with van der Waals surface area (Å²) in [5, 5.41) is 12.5. The first-order chi connectivity index (χ1) is 14.1. The van der Waals surface area contributed by atoms with Crippen LogP contribution in [0.25, 0.3) is 0 Å². The van der Waals surface area contributed by atoms with Gasteiger partial charge in [-0.25, -0.2) is 4.90 Å². The van der Waals surface area contributed by atoms with Crippen LogP contribution in [0.2, 0.25) is 0 Å². The number of anilines is 1. The van der Waals surface area contributed by atoms with Gasteiger partial charge < -0.3 is 15.0 Å². The summed E-state index contributed by atoms with van der Waals surface area (Å²) in [5.41, 5.74) is 0.642. The van der Waals surface area contributed by atoms with E-state index in [1.54, 1.807) is 0 Å². The van der Waals surface area contributed by atoms with Crippen LogP contribution in [-0.4, -0.2) is 54.6 Å². The Hall–Kier alpha value is -2.59. The summed E-state index contributed by atoms with van der Waals surface area (Å²) >= 11 is 0. The van der Waals surface area contributed by atoms with E-state index in [0.717, 1.165) is 50.9 Å². The Morgan fingerprint density at radius 1 is 1.10 bits per heavy atom. The molecule has 0 radical (unpaired) electrons. The predicted octanol–water partition coefficient (Wildman–Crippen LogP) is 2.43. The lowest BCUT2D eigenvalue weighted by Gasteiger charge is -2.38. The first-order valence-corrected chi connectivity index (χ1v) is 10.6. The SMILES string of the molecule is N#CN(C(=O)C1(NC(=O)c2ccc(N3CCOCC3)cc2)CCCCC1)C1CC1. The van der Waals surface area contributed by atoms with Crippen molar-refractivity contribution in [1.82, 2.24) is 10.2 Å². The van der Waals surface area contributed by atoms with E-state index in [2.05, 4.69) is 16.4 Å². The summed E-state index contributed by atoms with van der Waals surface area (Å²) in [5.74, 6) is -0.483. The van der Waals surface area contributed by atoms with Crippen LogP contribution < -0.4 is 10.2 Å². The van der Waals surface area contributed by atoms with Crippen LogP contribution in [-0.2, 0) is 9.53 Å². The molecular formula is C22H28N4O3. The van der Waals surface area contributed by atoms with Crippen molar-refractivity contribution in [2.24, 2.45) is 0 Å². The van der Waals surface area contributed by atoms with Crippen LogP contribution >= 0.6 is 0 Å². The maximum atomic E-state index is 13.2. The van der Waals surface area contributed by atoms with Crippen LogP contribution in [0, 0.1) is 11.5 Å². The number of hydrogen-bond donors (Lipinski definition) is 1. The molecule has 2 aliphatic carbocycles. The molecule has 0 aromatic heterocycles. The number of carbonyl (C=O) groups excluding carboxylic acids is 2. The Bertz CT molecular complexity index is 785. The average molecular weight is 396 g/mol. The molecule has 1 saturated heterocycles. The number of hydrogen-bond acceptors (Lipinski definition) is 5. The van der Waals surface area contributed by atoms with Gasteiger partial charge >= 0.3 is 0 Å². The van der Waals surface area contributed by atoms with E-state index in [1.807, 2.05) is 24.3 Å². The molecule has 0 unspecified atom stereocenters. The molecule has 0 bridgehead atoms. The summed E-state index contributed by atoms with van der Waals surface area (Å²) in [6.45, 7) is 3.11. The van der Waals surface area contributed by atoms with Crippen molar-refractivity contribution < 1.29 is 14.3 Å². The van der Waals surface area contributed by atoms with Crippen molar-refractivity contribution in [1.29, 1.82) is 5.26 Å². The number of ether oxygens (including phenoxy) is 1. The minimum atomic E-state index is -0.962. The van der Waals surface area contributed by atoms with Gasteiger partial charge in [0.15, 0.2) is 6.19 Å². The molecule has 1 aromatic rings. The molecule has 7 heteroatoms. The number of nitrogens with one attached hydrogen (secondary N) is 1. The van der Waals surface area contributed by atoms with E-state index in [4.69, 9.17) is 4.74 Å². The minimum absolute atomic E-state index is 0.0102. The van der Waals surface area contributed by atoms with Crippen molar-refractivity contribution in [2.75, 3.05) is 31.2 Å². The van der Waals surface area contributed by atoms with Gasteiger partial charge in [0.1, 0.15) is 5.54 Å². The van der Waals surface area contributed by atoms with Crippen LogP contribution in [0.3, 0.4) is 0 Å². The normalized spacial score (nSPS) is 21.1. The molecule has 1 aliphatic heterocycles. The van der Waals surface area contributed by atoms with E-state index in [-0.39, 0.29) is 17.9 Å². The molecule has 0 spiro atoms. The highest BCUT2D eigenvalue weighted by Gasteiger charge is 2.47. The molecule has 154 valence electrons. The standard InChI is InChI=1S/C22H28N4O3/c23-16-26(19-8-9-19)21(28)22(10-2-1-3-11-22)24-20(27)17-4-6-18(7-5-17)25-12-14-29-15-13-25/h4-7,19H,1-3,8-15H2,(H,24,27). The predicted molar refractivity (Wildman–Crippen MR) is 108 cm³/mol. The van der Waals surface area contributed by atoms with Crippen LogP contribution in [0.15, 0.2) is 24.3 Å². The Labute approximate surface area is 171 Å². The highest BCUT2D eigenvalue weighted by atomic mass is 16.5. The summed E-state index contributed by atoms with van der Waals surface area (Å²) in [4.78, 5) is 29.8. The van der Waals surface area contributed by atoms with Crippen LogP contribution in [0.4, 0.5) is 5.69 Å². The zero-order chi connectivity index (χ0) is 20.3. The Morgan fingerprint density at radius 3 is 2.34 bits per heavy atom. The van der Waals surface area contributed by atoms with Gasteiger partial charge in [-0.3, -0.25) is 9.59 Å². The number of morpholine rings is 1. The number of rotatable bonds is 5. The lowest BCUT2D eigenvalue weighted by Crippen LogP contribution is -2.60. The summed E-state index contributed by atoms with van der Waals surface area (Å²) in [6, 6.07) is 7.52. The number of carbonyl (C=O) groups is 2. The number of nitriles is 1. The zero-order valence-corrected chi connectivity index (χ0v) is 16.7. The van der Waals surface area contributed by atoms with Gasteiger partial charge in [-0.2, -0.15) is 5.26 Å². The zero-order valence-electron chi connectivity index (χ0n) is 16.7. The monoisotopic (exact) mass is 396 g/mol. The third-order valence-corrected chi connectivity index (χ3v) is 6.21. The molecule has 4 rings (SSSR count). The topological polar surface area (TPSA) is 85.7 Å². The van der Waals surface area contributed by atoms with E-state index >= 15 is 0 Å². The van der Waals surface area contributed by atoms with Crippen molar-refractivity contribution in [3.63, 3.8) is 0 Å². The summed E-state index contributed by atoms with van der Waals surface area (Å²) in [6.07, 6.45) is 7.79. The maximum absolute atomic E-state index is 13.2. The Morgan fingerprint density at radius 2 is 1.76 bits per heavy atom. The summed E-state index contributed by atoms with van der Waals surface area (Å²) < 4.78 is 5.39. The molecule has 2 amide bonds. The van der Waals surface area contributed by atoms with Crippen LogP contribution in [0.5, 0.6) is 0 Å². The molecule has 2 saturated carbocycles. The fourth-order valence-electron chi connectivity index (χ4n) is 4.34. The minimum Gasteiger partial charge on any atom is -0.378 e. The molecular weight excluding hydrogens is 368 g/mol. The first kappa shape index (κ1) is 19.7. The molecule has 3 aliphatic rings. The lowest BCUT2D eigenvalue weighted by molar-refractivity contribution is -0.136. The third kappa shape index (κ3) is 4.23. The van der Waals surface area contributed by atoms with Gasteiger partial charge in [-0.15, -0.1) is 0 Å². The second-order valence-electron chi connectivity index (χ2n) is 8.25. The Balaban J connectivity index is 1.49. The molecule has 3 fully saturated rings. The van der Waals surface area contributed by atoms with Crippen molar-refractivity contribution in [2.45, 2.75) is 56.5 Å². The highest BCUT2D eigenvalue weighted by Crippen LogP contribution is 2.34. The maximum Gasteiger partial charge on any atom is 0.261 e. The van der Waals surface area contributed by atoms with Gasteiger partial charge in [-0.1, -0.05) is 19.3 Å². The molecule has 1 heterocycles. The molecule has 29 heavy (non-hydrogen) atoms.